The Morgan fingerprint density at radius 3 is 1.98 bits per heavy atom. The van der Waals surface area contributed by atoms with E-state index in [1.54, 1.807) is 42.5 Å². The number of thiophene rings is 1. The number of hydrogen-bond acceptors (Lipinski definition) is 5. The maximum atomic E-state index is 14.3. The van der Waals surface area contributed by atoms with Gasteiger partial charge in [-0.25, -0.2) is 4.98 Å². The van der Waals surface area contributed by atoms with Gasteiger partial charge in [0, 0.05) is 43.2 Å². The Kier molecular flexibility index (Phi) is 6.95. The second-order valence-corrected chi connectivity index (χ2v) is 11.0. The minimum atomic E-state index is -0.250. The van der Waals surface area contributed by atoms with E-state index in [1.807, 2.05) is 66.7 Å². The Morgan fingerprint density at radius 1 is 0.700 bits per heavy atom. The van der Waals surface area contributed by atoms with Gasteiger partial charge in [-0.05, 0) is 30.3 Å². The minimum Gasteiger partial charge on any atom is -0.397 e. The van der Waals surface area contributed by atoms with E-state index in [2.05, 4.69) is 0 Å². The normalized spacial score (nSPS) is 11.1. The van der Waals surface area contributed by atoms with Crippen LogP contribution in [0.2, 0.25) is 10.0 Å². The largest absolute Gasteiger partial charge is 0.397 e. The van der Waals surface area contributed by atoms with Crippen molar-refractivity contribution in [2.24, 2.45) is 0 Å². The number of ketones is 2. The van der Waals surface area contributed by atoms with Crippen LogP contribution in [0, 0.1) is 0 Å². The third-order valence-electron chi connectivity index (χ3n) is 6.64. The first-order valence-electron chi connectivity index (χ1n) is 12.4. The molecule has 194 valence electrons. The molecule has 0 saturated carbocycles. The van der Waals surface area contributed by atoms with E-state index in [1.165, 1.54) is 11.3 Å². The molecule has 0 atom stereocenters. The third-order valence-corrected chi connectivity index (χ3v) is 8.32. The van der Waals surface area contributed by atoms with Gasteiger partial charge in [-0.3, -0.25) is 9.59 Å². The Bertz CT molecular complexity index is 1900. The number of fused-ring (bicyclic) bond motifs is 1. The number of nitrogens with two attached hydrogens (primary N) is 1. The molecule has 0 amide bonds. The smallest absolute Gasteiger partial charge is 0.205 e. The fourth-order valence-electron chi connectivity index (χ4n) is 4.75. The molecular weight excluding hydrogens is 559 g/mol. The van der Waals surface area contributed by atoms with Crippen LogP contribution in [0.1, 0.15) is 31.2 Å². The lowest BCUT2D eigenvalue weighted by molar-refractivity contribution is 0.103. The van der Waals surface area contributed by atoms with Gasteiger partial charge < -0.3 is 5.73 Å². The summed E-state index contributed by atoms with van der Waals surface area (Å²) in [5.74, 6) is -0.473. The fraction of sp³-hybridized carbons (Fsp3) is 0. The van der Waals surface area contributed by atoms with Crippen molar-refractivity contribution in [3.63, 3.8) is 0 Å². The van der Waals surface area contributed by atoms with Crippen LogP contribution in [0.4, 0.5) is 5.69 Å². The maximum absolute atomic E-state index is 14.3. The van der Waals surface area contributed by atoms with Gasteiger partial charge >= 0.3 is 0 Å². The van der Waals surface area contributed by atoms with Gasteiger partial charge in [-0.2, -0.15) is 0 Å². The second-order valence-electron chi connectivity index (χ2n) is 9.11. The highest BCUT2D eigenvalue weighted by molar-refractivity contribution is 7.21. The highest BCUT2D eigenvalue weighted by Gasteiger charge is 2.30. The summed E-state index contributed by atoms with van der Waals surface area (Å²) in [6.45, 7) is 0. The zero-order valence-electron chi connectivity index (χ0n) is 20.9. The number of halogens is 2. The van der Waals surface area contributed by atoms with Crippen molar-refractivity contribution >= 4 is 62.0 Å². The SMILES string of the molecule is Nc1c(C(=O)c2ccc(Cl)cc2)sc2nc(-c3ccccc3)c(C(=O)c3ccccc3)c(-c3ccccc3Cl)c12. The zero-order chi connectivity index (χ0) is 27.8. The highest BCUT2D eigenvalue weighted by atomic mass is 35.5. The van der Waals surface area contributed by atoms with Gasteiger partial charge in [-0.1, -0.05) is 102 Å². The molecule has 6 aromatic rings. The van der Waals surface area contributed by atoms with Crippen LogP contribution in [0.25, 0.3) is 32.6 Å². The highest BCUT2D eigenvalue weighted by Crippen LogP contribution is 2.47. The lowest BCUT2D eigenvalue weighted by atomic mass is 9.88. The van der Waals surface area contributed by atoms with E-state index < -0.39 is 0 Å². The molecule has 7 heteroatoms. The summed E-state index contributed by atoms with van der Waals surface area (Å²) in [6, 6.07) is 32.5. The van der Waals surface area contributed by atoms with Crippen molar-refractivity contribution in [1.29, 1.82) is 0 Å². The van der Waals surface area contributed by atoms with Gasteiger partial charge in [0.25, 0.3) is 0 Å². The van der Waals surface area contributed by atoms with Gasteiger partial charge in [-0.15, -0.1) is 11.3 Å². The van der Waals surface area contributed by atoms with Crippen molar-refractivity contribution in [2.45, 2.75) is 0 Å². The summed E-state index contributed by atoms with van der Waals surface area (Å²) < 4.78 is 0. The van der Waals surface area contributed by atoms with Crippen molar-refractivity contribution in [1.82, 2.24) is 4.98 Å². The number of anilines is 1. The second kappa shape index (κ2) is 10.7. The number of nitrogen functional groups attached to an aromatic ring is 1. The quantitative estimate of drug-likeness (QED) is 0.200. The first kappa shape index (κ1) is 26.0. The van der Waals surface area contributed by atoms with Crippen molar-refractivity contribution in [2.75, 3.05) is 5.73 Å². The lowest BCUT2D eigenvalue weighted by Gasteiger charge is -2.17. The molecule has 0 aliphatic rings. The molecule has 0 saturated heterocycles. The summed E-state index contributed by atoms with van der Waals surface area (Å²) in [7, 11) is 0. The number of rotatable bonds is 6. The van der Waals surface area contributed by atoms with Crippen molar-refractivity contribution in [3.05, 3.63) is 141 Å². The van der Waals surface area contributed by atoms with Crippen LogP contribution >= 0.6 is 34.5 Å². The van der Waals surface area contributed by atoms with E-state index in [0.717, 1.165) is 5.56 Å². The number of nitrogens with zero attached hydrogens (tertiary/aromatic N) is 1. The van der Waals surface area contributed by atoms with Gasteiger partial charge in [0.15, 0.2) is 5.78 Å². The molecule has 0 spiro atoms. The summed E-state index contributed by atoms with van der Waals surface area (Å²) in [5, 5.41) is 1.50. The standard InChI is InChI=1S/C33H20Cl2N2O2S/c34-22-17-15-21(16-18-22)31(39)32-28(36)26-25(23-13-7-8-14-24(23)35)27(30(38)20-11-5-2-6-12-20)29(37-33(26)40-32)19-9-3-1-4-10-19/h1-18H,36H2. The molecule has 4 aromatic carbocycles. The molecule has 0 fully saturated rings. The number of carbonyl (C=O) groups excluding carboxylic acids is 2. The molecule has 0 aliphatic heterocycles. The Hall–Kier alpha value is -4.29. The van der Waals surface area contributed by atoms with E-state index in [-0.39, 0.29) is 17.3 Å². The van der Waals surface area contributed by atoms with Crippen LogP contribution in [0.5, 0.6) is 0 Å². The van der Waals surface area contributed by atoms with E-state index in [4.69, 9.17) is 33.9 Å². The predicted octanol–water partition coefficient (Wildman–Crippen LogP) is 8.98. The fourth-order valence-corrected chi connectivity index (χ4v) is 6.17. The minimum absolute atomic E-state index is 0.222. The van der Waals surface area contributed by atoms with Gasteiger partial charge in [0.1, 0.15) is 9.71 Å². The molecule has 2 heterocycles. The summed E-state index contributed by atoms with van der Waals surface area (Å²) in [5.41, 5.74) is 10.8. The average Bonchev–Trinajstić information content (AvgIpc) is 3.33. The molecule has 0 bridgehead atoms. The predicted molar refractivity (Wildman–Crippen MR) is 165 cm³/mol. The van der Waals surface area contributed by atoms with E-state index in [9.17, 15) is 9.59 Å². The van der Waals surface area contributed by atoms with Crippen LogP contribution in [0.15, 0.2) is 109 Å². The Labute approximate surface area is 244 Å². The van der Waals surface area contributed by atoms with Crippen molar-refractivity contribution in [3.8, 4) is 22.4 Å². The van der Waals surface area contributed by atoms with Crippen molar-refractivity contribution < 1.29 is 9.59 Å². The van der Waals surface area contributed by atoms with Crippen LogP contribution in [-0.2, 0) is 0 Å². The molecule has 6 rings (SSSR count). The summed E-state index contributed by atoms with van der Waals surface area (Å²) in [6.07, 6.45) is 0. The molecule has 40 heavy (non-hydrogen) atoms. The number of aromatic nitrogens is 1. The van der Waals surface area contributed by atoms with E-state index in [0.29, 0.717) is 58.7 Å². The lowest BCUT2D eigenvalue weighted by Crippen LogP contribution is -2.09. The monoisotopic (exact) mass is 578 g/mol. The number of benzene rings is 4. The Balaban J connectivity index is 1.73. The molecule has 2 N–H and O–H groups in total. The third kappa shape index (κ3) is 4.58. The number of hydrogen-bond donors (Lipinski definition) is 1. The van der Waals surface area contributed by atoms with E-state index >= 15 is 0 Å². The molecule has 0 radical (unpaired) electrons. The molecule has 0 unspecified atom stereocenters. The van der Waals surface area contributed by atoms with Crippen LogP contribution < -0.4 is 5.73 Å². The maximum Gasteiger partial charge on any atom is 0.205 e. The number of carbonyl (C=O) groups is 2. The first-order chi connectivity index (χ1) is 19.4. The molecule has 2 aromatic heterocycles. The molecule has 0 aliphatic carbocycles. The van der Waals surface area contributed by atoms with Crippen LogP contribution in [0.3, 0.4) is 0 Å². The topological polar surface area (TPSA) is 73.1 Å². The van der Waals surface area contributed by atoms with Crippen LogP contribution in [-0.4, -0.2) is 16.6 Å². The van der Waals surface area contributed by atoms with Gasteiger partial charge in [0.05, 0.1) is 16.9 Å². The summed E-state index contributed by atoms with van der Waals surface area (Å²) >= 11 is 14.0. The average molecular weight is 580 g/mol. The molecule has 4 nitrogen and oxygen atoms in total. The number of pyridine rings is 1. The first-order valence-corrected chi connectivity index (χ1v) is 14.0. The zero-order valence-corrected chi connectivity index (χ0v) is 23.2. The summed E-state index contributed by atoms with van der Waals surface area (Å²) in [4.78, 5) is 33.8. The Morgan fingerprint density at radius 2 is 1.30 bits per heavy atom. The molecular formula is C33H20Cl2N2O2S. The van der Waals surface area contributed by atoms with Gasteiger partial charge in [0.2, 0.25) is 5.78 Å².